The monoisotopic (exact) mass is 490 g/mol. The summed E-state index contributed by atoms with van der Waals surface area (Å²) in [6.45, 7) is 3.49. The van der Waals surface area contributed by atoms with Crippen molar-refractivity contribution in [3.05, 3.63) is 53.2 Å². The lowest BCUT2D eigenvalue weighted by molar-refractivity contribution is 0.413. The average molecular weight is 491 g/mol. The van der Waals surface area contributed by atoms with Crippen molar-refractivity contribution < 1.29 is 9.47 Å². The molecule has 0 unspecified atom stereocenters. The summed E-state index contributed by atoms with van der Waals surface area (Å²) >= 11 is 0. The molecule has 0 aliphatic heterocycles. The van der Waals surface area contributed by atoms with E-state index in [-0.39, 0.29) is 5.69 Å². The highest BCUT2D eigenvalue weighted by Gasteiger charge is 2.17. The number of fused-ring (bicyclic) bond motifs is 1. The molecule has 0 aliphatic carbocycles. The Morgan fingerprint density at radius 3 is 2.56 bits per heavy atom. The molecule has 1 N–H and O–H groups in total. The highest BCUT2D eigenvalue weighted by atomic mass is 16.5. The number of anilines is 3. The molecule has 0 atom stereocenters. The standard InChI is InChI=1S/C25H30N8O3/c1-16-18-8-7-17(35-5)13-21(18)33(29-16)24-9-10-26-25(28-24)27-20-14-19(30-34)22(15-23(20)36-6)32(4)12-11-31(2)3/h7-10,13-15H,11-12H2,1-6H3,(H,26,27,28). The van der Waals surface area contributed by atoms with Crippen LogP contribution in [0.4, 0.5) is 23.0 Å². The maximum atomic E-state index is 11.7. The van der Waals surface area contributed by atoms with Crippen molar-refractivity contribution in [2.75, 3.05) is 58.7 Å². The molecule has 11 heteroatoms. The van der Waals surface area contributed by atoms with Crippen molar-refractivity contribution in [2.45, 2.75) is 6.92 Å². The van der Waals surface area contributed by atoms with Gasteiger partial charge in [0.25, 0.3) is 0 Å². The number of hydrogen-bond donors (Lipinski definition) is 1. The van der Waals surface area contributed by atoms with Crippen LogP contribution in [-0.4, -0.2) is 73.1 Å². The number of benzene rings is 2. The first kappa shape index (κ1) is 24.9. The average Bonchev–Trinajstić information content (AvgIpc) is 3.22. The van der Waals surface area contributed by atoms with E-state index in [1.54, 1.807) is 43.3 Å². The summed E-state index contributed by atoms with van der Waals surface area (Å²) in [4.78, 5) is 24.7. The van der Waals surface area contributed by atoms with Crippen LogP contribution in [0.3, 0.4) is 0 Å². The number of aryl methyl sites for hydroxylation is 1. The fraction of sp³-hybridized carbons (Fsp3) is 0.320. The van der Waals surface area contributed by atoms with E-state index in [4.69, 9.17) is 9.47 Å². The predicted octanol–water partition coefficient (Wildman–Crippen LogP) is 4.28. The minimum atomic E-state index is 0.288. The molecule has 36 heavy (non-hydrogen) atoms. The molecule has 0 aliphatic rings. The smallest absolute Gasteiger partial charge is 0.229 e. The number of ether oxygens (including phenoxy) is 2. The SMILES string of the molecule is COc1ccc2c(C)nn(-c3ccnc(Nc4cc(N=O)c(N(C)CCN(C)C)cc4OC)n3)c2c1. The minimum absolute atomic E-state index is 0.288. The Labute approximate surface area is 209 Å². The van der Waals surface area contributed by atoms with Gasteiger partial charge in [-0.15, -0.1) is 4.91 Å². The van der Waals surface area contributed by atoms with Gasteiger partial charge in [0.15, 0.2) is 5.82 Å². The van der Waals surface area contributed by atoms with Crippen molar-refractivity contribution in [1.29, 1.82) is 0 Å². The number of nitroso groups, excluding NO2 is 1. The van der Waals surface area contributed by atoms with Crippen molar-refractivity contribution in [2.24, 2.45) is 5.18 Å². The third-order valence-corrected chi connectivity index (χ3v) is 5.87. The third kappa shape index (κ3) is 5.05. The molecule has 0 fully saturated rings. The molecule has 4 rings (SSSR count). The quantitative estimate of drug-likeness (QED) is 0.326. The van der Waals surface area contributed by atoms with Crippen LogP contribution in [0.15, 0.2) is 47.8 Å². The summed E-state index contributed by atoms with van der Waals surface area (Å²) in [6, 6.07) is 11.0. The van der Waals surface area contributed by atoms with Crippen LogP contribution < -0.4 is 19.7 Å². The fourth-order valence-corrected chi connectivity index (χ4v) is 3.87. The van der Waals surface area contributed by atoms with E-state index in [9.17, 15) is 4.91 Å². The molecule has 0 amide bonds. The zero-order valence-electron chi connectivity index (χ0n) is 21.3. The number of aromatic nitrogens is 4. The second-order valence-electron chi connectivity index (χ2n) is 8.60. The second-order valence-corrected chi connectivity index (χ2v) is 8.60. The molecule has 188 valence electrons. The topological polar surface area (TPSA) is 110 Å². The van der Waals surface area contributed by atoms with E-state index in [1.807, 2.05) is 51.2 Å². The minimum Gasteiger partial charge on any atom is -0.497 e. The molecule has 0 bridgehead atoms. The Balaban J connectivity index is 1.68. The number of hydrogen-bond acceptors (Lipinski definition) is 10. The van der Waals surface area contributed by atoms with Gasteiger partial charge in [0.05, 0.1) is 36.8 Å². The van der Waals surface area contributed by atoms with Gasteiger partial charge < -0.3 is 24.6 Å². The zero-order chi connectivity index (χ0) is 25.8. The lowest BCUT2D eigenvalue weighted by Crippen LogP contribution is -2.28. The van der Waals surface area contributed by atoms with E-state index < -0.39 is 0 Å². The van der Waals surface area contributed by atoms with Gasteiger partial charge >= 0.3 is 0 Å². The van der Waals surface area contributed by atoms with Gasteiger partial charge in [0, 0.05) is 49.9 Å². The van der Waals surface area contributed by atoms with Crippen LogP contribution in [0.2, 0.25) is 0 Å². The number of nitrogens with one attached hydrogen (secondary N) is 1. The van der Waals surface area contributed by atoms with Gasteiger partial charge in [-0.1, -0.05) is 0 Å². The van der Waals surface area contributed by atoms with Gasteiger partial charge in [-0.05, 0) is 44.4 Å². The van der Waals surface area contributed by atoms with Crippen LogP contribution in [0.5, 0.6) is 11.5 Å². The van der Waals surface area contributed by atoms with E-state index in [0.29, 0.717) is 28.9 Å². The normalized spacial score (nSPS) is 11.1. The molecule has 0 radical (unpaired) electrons. The van der Waals surface area contributed by atoms with Crippen LogP contribution in [-0.2, 0) is 0 Å². The number of nitrogens with zero attached hydrogens (tertiary/aromatic N) is 7. The van der Waals surface area contributed by atoms with Crippen LogP contribution >= 0.6 is 0 Å². The highest BCUT2D eigenvalue weighted by Crippen LogP contribution is 2.39. The van der Waals surface area contributed by atoms with E-state index in [2.05, 4.69) is 30.5 Å². The largest absolute Gasteiger partial charge is 0.497 e. The number of likely N-dealkylation sites (N-methyl/N-ethyl adjacent to an activating group) is 2. The lowest BCUT2D eigenvalue weighted by atomic mass is 10.2. The molecule has 0 saturated heterocycles. The zero-order valence-corrected chi connectivity index (χ0v) is 21.3. The van der Waals surface area contributed by atoms with Crippen molar-refractivity contribution >= 4 is 33.9 Å². The van der Waals surface area contributed by atoms with E-state index >= 15 is 0 Å². The second kappa shape index (κ2) is 10.6. The van der Waals surface area contributed by atoms with Gasteiger partial charge in [-0.25, -0.2) is 9.67 Å². The van der Waals surface area contributed by atoms with Crippen LogP contribution in [0.1, 0.15) is 5.69 Å². The summed E-state index contributed by atoms with van der Waals surface area (Å²) in [6.07, 6.45) is 1.64. The van der Waals surface area contributed by atoms with Crippen LogP contribution in [0.25, 0.3) is 16.7 Å². The highest BCUT2D eigenvalue weighted by molar-refractivity contribution is 5.84. The summed E-state index contributed by atoms with van der Waals surface area (Å²) in [5.41, 5.74) is 3.23. The molecule has 4 aromatic rings. The Kier molecular flexibility index (Phi) is 7.30. The van der Waals surface area contributed by atoms with Gasteiger partial charge in [0.1, 0.15) is 17.2 Å². The first-order chi connectivity index (χ1) is 17.3. The lowest BCUT2D eigenvalue weighted by Gasteiger charge is -2.23. The maximum absolute atomic E-state index is 11.7. The summed E-state index contributed by atoms with van der Waals surface area (Å²) in [7, 11) is 9.11. The van der Waals surface area contributed by atoms with Crippen LogP contribution in [0, 0.1) is 11.8 Å². The van der Waals surface area contributed by atoms with E-state index in [0.717, 1.165) is 35.4 Å². The summed E-state index contributed by atoms with van der Waals surface area (Å²) in [5, 5.41) is 12.1. The fourth-order valence-electron chi connectivity index (χ4n) is 3.87. The predicted molar refractivity (Wildman–Crippen MR) is 142 cm³/mol. The Morgan fingerprint density at radius 1 is 1.06 bits per heavy atom. The molecule has 0 spiro atoms. The van der Waals surface area contributed by atoms with Crippen molar-refractivity contribution in [1.82, 2.24) is 24.6 Å². The Hall–Kier alpha value is -4.25. The Bertz CT molecular complexity index is 1390. The molecular weight excluding hydrogens is 460 g/mol. The summed E-state index contributed by atoms with van der Waals surface area (Å²) in [5.74, 6) is 2.16. The maximum Gasteiger partial charge on any atom is 0.229 e. The molecule has 11 nitrogen and oxygen atoms in total. The third-order valence-electron chi connectivity index (χ3n) is 5.87. The molecule has 2 aromatic carbocycles. The molecule has 2 aromatic heterocycles. The van der Waals surface area contributed by atoms with Crippen molar-refractivity contribution in [3.8, 4) is 17.3 Å². The van der Waals surface area contributed by atoms with Crippen molar-refractivity contribution in [3.63, 3.8) is 0 Å². The molecule has 2 heterocycles. The van der Waals surface area contributed by atoms with E-state index in [1.165, 1.54) is 0 Å². The molecule has 0 saturated carbocycles. The summed E-state index contributed by atoms with van der Waals surface area (Å²) < 4.78 is 12.7. The first-order valence-electron chi connectivity index (χ1n) is 11.4. The van der Waals surface area contributed by atoms with Gasteiger partial charge in [0.2, 0.25) is 5.95 Å². The van der Waals surface area contributed by atoms with Gasteiger partial charge in [-0.3, -0.25) is 0 Å². The number of methoxy groups -OCH3 is 2. The number of rotatable bonds is 10. The first-order valence-corrected chi connectivity index (χ1v) is 11.4. The Morgan fingerprint density at radius 2 is 1.86 bits per heavy atom. The van der Waals surface area contributed by atoms with Gasteiger partial charge in [-0.2, -0.15) is 10.1 Å². The molecular formula is C25H30N8O3.